The zero-order chi connectivity index (χ0) is 24.0. The quantitative estimate of drug-likeness (QED) is 0.432. The van der Waals surface area contributed by atoms with Gasteiger partial charge in [0.05, 0.1) is 5.92 Å². The fourth-order valence-electron chi connectivity index (χ4n) is 3.31. The van der Waals surface area contributed by atoms with Gasteiger partial charge >= 0.3 is 6.09 Å². The average Bonchev–Trinajstić information content (AvgIpc) is 3.42. The third-order valence-corrected chi connectivity index (χ3v) is 5.88. The minimum Gasteiger partial charge on any atom is -0.444 e. The fourth-order valence-corrected chi connectivity index (χ4v) is 4.13. The molecule has 0 aliphatic rings. The average molecular weight is 474 g/mol. The highest BCUT2D eigenvalue weighted by Gasteiger charge is 2.34. The highest BCUT2D eigenvalue weighted by atomic mass is 32.1. The van der Waals surface area contributed by atoms with Crippen LogP contribution in [-0.4, -0.2) is 45.7 Å². The number of nitrogens with zero attached hydrogens (tertiary/aromatic N) is 2. The Balaban J connectivity index is 1.84. The second kappa shape index (κ2) is 10.8. The van der Waals surface area contributed by atoms with Crippen LogP contribution in [0, 0.1) is 0 Å². The molecule has 8 nitrogen and oxygen atoms in total. The van der Waals surface area contributed by atoms with Gasteiger partial charge in [0.1, 0.15) is 11.1 Å². The molecule has 3 rings (SSSR count). The standard InChI is InChI=1S/C24H31N3O5S/c1-5-6-13-27(22(29)20-26-17-10-7-8-11-18(17)31-20)21(28)16(19-12-9-14-33-19)15-25-23(30)32-24(2,3)4/h7-12,14,16,22,29H,5-6,13,15H2,1-4H3,(H,25,30)/t16-,22+/m1/s1. The molecule has 0 aliphatic carbocycles. The van der Waals surface area contributed by atoms with Crippen molar-refractivity contribution in [2.24, 2.45) is 0 Å². The maximum absolute atomic E-state index is 13.7. The van der Waals surface area contributed by atoms with Crippen LogP contribution in [0.1, 0.15) is 63.5 Å². The number of carbonyl (C=O) groups excluding carboxylic acids is 2. The molecule has 2 atom stereocenters. The number of thiophene rings is 1. The van der Waals surface area contributed by atoms with Crippen LogP contribution in [0.3, 0.4) is 0 Å². The highest BCUT2D eigenvalue weighted by Crippen LogP contribution is 2.29. The third-order valence-electron chi connectivity index (χ3n) is 4.90. The number of alkyl carbamates (subject to hydrolysis) is 1. The Kier molecular flexibility index (Phi) is 8.10. The number of hydrogen-bond acceptors (Lipinski definition) is 7. The van der Waals surface area contributed by atoms with Crippen molar-refractivity contribution in [3.8, 4) is 0 Å². The Morgan fingerprint density at radius 2 is 2.00 bits per heavy atom. The van der Waals surface area contributed by atoms with E-state index in [2.05, 4.69) is 10.3 Å². The fraction of sp³-hybridized carbons (Fsp3) is 0.458. The summed E-state index contributed by atoms with van der Waals surface area (Å²) in [4.78, 5) is 32.4. The highest BCUT2D eigenvalue weighted by molar-refractivity contribution is 7.10. The maximum atomic E-state index is 13.7. The van der Waals surface area contributed by atoms with Crippen molar-refractivity contribution in [1.29, 1.82) is 0 Å². The Labute approximate surface area is 197 Å². The zero-order valence-electron chi connectivity index (χ0n) is 19.4. The predicted molar refractivity (Wildman–Crippen MR) is 127 cm³/mol. The summed E-state index contributed by atoms with van der Waals surface area (Å²) in [5.41, 5.74) is 0.495. The monoisotopic (exact) mass is 473 g/mol. The first-order chi connectivity index (χ1) is 15.7. The van der Waals surface area contributed by atoms with Crippen molar-refractivity contribution in [1.82, 2.24) is 15.2 Å². The molecule has 0 spiro atoms. The minimum absolute atomic E-state index is 0.0389. The summed E-state index contributed by atoms with van der Waals surface area (Å²) in [6, 6.07) is 10.9. The number of para-hydroxylation sites is 2. The number of amides is 2. The minimum atomic E-state index is -1.35. The molecule has 2 N–H and O–H groups in total. The second-order valence-electron chi connectivity index (χ2n) is 8.73. The van der Waals surface area contributed by atoms with Crippen LogP contribution in [0.25, 0.3) is 11.1 Å². The van der Waals surface area contributed by atoms with Crippen LogP contribution < -0.4 is 5.32 Å². The van der Waals surface area contributed by atoms with E-state index in [4.69, 9.17) is 9.15 Å². The number of unbranched alkanes of at least 4 members (excludes halogenated alkanes) is 1. The van der Waals surface area contributed by atoms with E-state index in [-0.39, 0.29) is 18.3 Å². The van der Waals surface area contributed by atoms with Crippen LogP contribution in [0.15, 0.2) is 46.2 Å². The number of aromatic nitrogens is 1. The summed E-state index contributed by atoms with van der Waals surface area (Å²) in [5, 5.41) is 15.7. The van der Waals surface area contributed by atoms with Gasteiger partial charge in [-0.15, -0.1) is 11.3 Å². The lowest BCUT2D eigenvalue weighted by molar-refractivity contribution is -0.145. The van der Waals surface area contributed by atoms with Gasteiger partial charge in [-0.05, 0) is 50.8 Å². The number of oxazole rings is 1. The molecule has 0 saturated carbocycles. The lowest BCUT2D eigenvalue weighted by atomic mass is 10.1. The molecule has 0 radical (unpaired) electrons. The van der Waals surface area contributed by atoms with Gasteiger partial charge in [0.15, 0.2) is 5.58 Å². The summed E-state index contributed by atoms with van der Waals surface area (Å²) in [5.74, 6) is -0.948. The number of hydrogen-bond donors (Lipinski definition) is 2. The smallest absolute Gasteiger partial charge is 0.407 e. The van der Waals surface area contributed by atoms with E-state index in [0.717, 1.165) is 11.3 Å². The van der Waals surface area contributed by atoms with Crippen molar-refractivity contribution in [3.05, 3.63) is 52.5 Å². The number of benzene rings is 1. The van der Waals surface area contributed by atoms with Crippen molar-refractivity contribution < 1.29 is 23.8 Å². The summed E-state index contributed by atoms with van der Waals surface area (Å²) in [6.07, 6.45) is -0.416. The van der Waals surface area contributed by atoms with Crippen molar-refractivity contribution in [2.75, 3.05) is 13.1 Å². The summed E-state index contributed by atoms with van der Waals surface area (Å²) >= 11 is 1.42. The van der Waals surface area contributed by atoms with Crippen molar-refractivity contribution in [2.45, 2.75) is 58.3 Å². The molecule has 0 fully saturated rings. The normalized spacial score (nSPS) is 13.5. The molecule has 2 amide bonds. The van der Waals surface area contributed by atoms with E-state index in [0.29, 0.717) is 24.1 Å². The Bertz CT molecular complexity index is 1020. The molecular formula is C24H31N3O5S. The van der Waals surface area contributed by atoms with Gasteiger partial charge in [-0.25, -0.2) is 9.78 Å². The molecule has 2 aromatic heterocycles. The van der Waals surface area contributed by atoms with Crippen LogP contribution in [0.2, 0.25) is 0 Å². The van der Waals surface area contributed by atoms with Gasteiger partial charge < -0.3 is 24.5 Å². The zero-order valence-corrected chi connectivity index (χ0v) is 20.2. The van der Waals surface area contributed by atoms with Crippen molar-refractivity contribution >= 4 is 34.4 Å². The molecule has 0 saturated heterocycles. The molecule has 3 aromatic rings. The first kappa shape index (κ1) is 24.7. The predicted octanol–water partition coefficient (Wildman–Crippen LogP) is 4.82. The first-order valence-corrected chi connectivity index (χ1v) is 11.9. The number of aliphatic hydroxyl groups is 1. The largest absolute Gasteiger partial charge is 0.444 e. The van der Waals surface area contributed by atoms with Gasteiger partial charge in [0.25, 0.3) is 0 Å². The lowest BCUT2D eigenvalue weighted by Crippen LogP contribution is -2.43. The number of carbonyl (C=O) groups is 2. The number of fused-ring (bicyclic) bond motifs is 1. The molecule has 9 heteroatoms. The Hall–Kier alpha value is -2.91. The SMILES string of the molecule is CCCCN(C(=O)[C@H](CNC(=O)OC(C)(C)C)c1cccs1)[C@@H](O)c1nc2ccccc2o1. The summed E-state index contributed by atoms with van der Waals surface area (Å²) < 4.78 is 11.0. The van der Waals surface area contributed by atoms with E-state index in [1.165, 1.54) is 16.2 Å². The van der Waals surface area contributed by atoms with Gasteiger partial charge in [-0.1, -0.05) is 31.5 Å². The molecule has 0 bridgehead atoms. The van der Waals surface area contributed by atoms with Gasteiger partial charge in [0.2, 0.25) is 18.0 Å². The van der Waals surface area contributed by atoms with Gasteiger partial charge in [-0.3, -0.25) is 4.79 Å². The molecule has 33 heavy (non-hydrogen) atoms. The number of nitrogens with one attached hydrogen (secondary N) is 1. The second-order valence-corrected chi connectivity index (χ2v) is 9.71. The van der Waals surface area contributed by atoms with Crippen LogP contribution in [-0.2, 0) is 9.53 Å². The van der Waals surface area contributed by atoms with E-state index in [1.807, 2.05) is 36.6 Å². The first-order valence-electron chi connectivity index (χ1n) is 11.0. The van der Waals surface area contributed by atoms with Crippen LogP contribution in [0.4, 0.5) is 4.79 Å². The molecule has 2 heterocycles. The van der Waals surface area contributed by atoms with Crippen molar-refractivity contribution in [3.63, 3.8) is 0 Å². The summed E-state index contributed by atoms with van der Waals surface area (Å²) in [6.45, 7) is 7.70. The molecule has 1 aromatic carbocycles. The molecular weight excluding hydrogens is 442 g/mol. The molecule has 0 unspecified atom stereocenters. The van der Waals surface area contributed by atoms with E-state index in [9.17, 15) is 14.7 Å². The van der Waals surface area contributed by atoms with Gasteiger partial charge in [-0.2, -0.15) is 0 Å². The Morgan fingerprint density at radius 1 is 1.24 bits per heavy atom. The molecule has 0 aliphatic heterocycles. The third kappa shape index (κ3) is 6.55. The number of aliphatic hydroxyl groups excluding tert-OH is 1. The topological polar surface area (TPSA) is 105 Å². The number of rotatable bonds is 9. The van der Waals surface area contributed by atoms with Crippen LogP contribution in [0.5, 0.6) is 0 Å². The Morgan fingerprint density at radius 3 is 2.64 bits per heavy atom. The van der Waals surface area contributed by atoms with E-state index in [1.54, 1.807) is 32.9 Å². The summed E-state index contributed by atoms with van der Waals surface area (Å²) in [7, 11) is 0. The maximum Gasteiger partial charge on any atom is 0.407 e. The van der Waals surface area contributed by atoms with E-state index >= 15 is 0 Å². The molecule has 178 valence electrons. The van der Waals surface area contributed by atoms with Gasteiger partial charge in [0, 0.05) is 18.0 Å². The van der Waals surface area contributed by atoms with Crippen LogP contribution >= 0.6 is 11.3 Å². The van der Waals surface area contributed by atoms with E-state index < -0.39 is 23.8 Å². The lowest BCUT2D eigenvalue weighted by Gasteiger charge is -2.30. The number of ether oxygens (including phenoxy) is 1.